The summed E-state index contributed by atoms with van der Waals surface area (Å²) < 4.78 is 20.5. The van der Waals surface area contributed by atoms with Gasteiger partial charge in [-0.1, -0.05) is 0 Å². The molecule has 0 saturated carbocycles. The second kappa shape index (κ2) is 5.09. The Labute approximate surface area is 121 Å². The third-order valence-electron chi connectivity index (χ3n) is 3.47. The summed E-state index contributed by atoms with van der Waals surface area (Å²) in [6.45, 7) is 2.64. The summed E-state index contributed by atoms with van der Waals surface area (Å²) in [5.41, 5.74) is 1.96. The lowest BCUT2D eigenvalue weighted by atomic mass is 10.1. The van der Waals surface area contributed by atoms with E-state index in [-0.39, 0.29) is 11.6 Å². The first-order chi connectivity index (χ1) is 10.1. The standard InChI is InChI=1S/C16H15FN2O2/c1-3-19-14-6-4-10(17)8-13(14)18-16(19)12-9-11(21-2)5-7-15(12)20/h4-9,20H,3H2,1-2H3. The molecule has 3 aromatic rings. The SMILES string of the molecule is CCn1c(-c2cc(OC)ccc2O)nc2cc(F)ccc21. The fourth-order valence-corrected chi connectivity index (χ4v) is 2.45. The summed E-state index contributed by atoms with van der Waals surface area (Å²) in [5.74, 6) is 1.00. The minimum absolute atomic E-state index is 0.112. The number of hydrogen-bond donors (Lipinski definition) is 1. The van der Waals surface area contributed by atoms with E-state index in [1.807, 2.05) is 11.5 Å². The molecule has 1 aromatic heterocycles. The molecule has 0 aliphatic heterocycles. The number of benzene rings is 2. The number of halogens is 1. The normalized spacial score (nSPS) is 11.0. The van der Waals surface area contributed by atoms with Crippen molar-refractivity contribution in [3.63, 3.8) is 0 Å². The van der Waals surface area contributed by atoms with Gasteiger partial charge in [0.15, 0.2) is 0 Å². The summed E-state index contributed by atoms with van der Waals surface area (Å²) in [7, 11) is 1.56. The summed E-state index contributed by atoms with van der Waals surface area (Å²) in [5, 5.41) is 10.1. The van der Waals surface area contributed by atoms with Gasteiger partial charge in [-0.25, -0.2) is 9.37 Å². The van der Waals surface area contributed by atoms with Crippen molar-refractivity contribution in [3.05, 3.63) is 42.2 Å². The van der Waals surface area contributed by atoms with Crippen LogP contribution in [0.5, 0.6) is 11.5 Å². The van der Waals surface area contributed by atoms with Gasteiger partial charge in [-0.15, -0.1) is 0 Å². The molecule has 2 aromatic carbocycles. The lowest BCUT2D eigenvalue weighted by Crippen LogP contribution is -1.98. The van der Waals surface area contributed by atoms with Gasteiger partial charge in [0.2, 0.25) is 0 Å². The monoisotopic (exact) mass is 286 g/mol. The van der Waals surface area contributed by atoms with Crippen molar-refractivity contribution in [2.24, 2.45) is 0 Å². The Morgan fingerprint density at radius 2 is 2.05 bits per heavy atom. The molecule has 0 bridgehead atoms. The molecule has 0 spiro atoms. The highest BCUT2D eigenvalue weighted by molar-refractivity contribution is 5.82. The van der Waals surface area contributed by atoms with Crippen molar-refractivity contribution < 1.29 is 14.2 Å². The number of aromatic nitrogens is 2. The van der Waals surface area contributed by atoms with Crippen molar-refractivity contribution in [1.82, 2.24) is 9.55 Å². The highest BCUT2D eigenvalue weighted by Gasteiger charge is 2.16. The fraction of sp³-hybridized carbons (Fsp3) is 0.188. The van der Waals surface area contributed by atoms with Gasteiger partial charge in [0, 0.05) is 12.6 Å². The quantitative estimate of drug-likeness (QED) is 0.800. The zero-order valence-electron chi connectivity index (χ0n) is 11.8. The van der Waals surface area contributed by atoms with Gasteiger partial charge in [-0.3, -0.25) is 0 Å². The number of phenolic OH excluding ortho intramolecular Hbond substituents is 1. The first-order valence-corrected chi connectivity index (χ1v) is 6.67. The van der Waals surface area contributed by atoms with E-state index in [1.165, 1.54) is 12.1 Å². The van der Waals surface area contributed by atoms with Gasteiger partial charge in [0.1, 0.15) is 23.1 Å². The molecular weight excluding hydrogens is 271 g/mol. The van der Waals surface area contributed by atoms with Crippen molar-refractivity contribution in [1.29, 1.82) is 0 Å². The lowest BCUT2D eigenvalue weighted by Gasteiger charge is -2.09. The second-order valence-corrected chi connectivity index (χ2v) is 4.70. The van der Waals surface area contributed by atoms with Gasteiger partial charge in [0.25, 0.3) is 0 Å². The molecular formula is C16H15FN2O2. The van der Waals surface area contributed by atoms with E-state index in [1.54, 1.807) is 31.4 Å². The van der Waals surface area contributed by atoms with Crippen LogP contribution in [-0.2, 0) is 6.54 Å². The van der Waals surface area contributed by atoms with Gasteiger partial charge >= 0.3 is 0 Å². The maximum Gasteiger partial charge on any atom is 0.145 e. The summed E-state index contributed by atoms with van der Waals surface area (Å²) >= 11 is 0. The Bertz CT molecular complexity index is 811. The number of imidazole rings is 1. The first-order valence-electron chi connectivity index (χ1n) is 6.67. The second-order valence-electron chi connectivity index (χ2n) is 4.70. The number of hydrogen-bond acceptors (Lipinski definition) is 3. The van der Waals surface area contributed by atoms with Crippen LogP contribution in [0, 0.1) is 5.82 Å². The molecule has 3 rings (SSSR count). The molecule has 0 fully saturated rings. The number of fused-ring (bicyclic) bond motifs is 1. The molecule has 0 saturated heterocycles. The van der Waals surface area contributed by atoms with E-state index in [0.29, 0.717) is 29.2 Å². The van der Waals surface area contributed by atoms with Crippen LogP contribution in [0.1, 0.15) is 6.92 Å². The molecule has 1 N–H and O–H groups in total. The largest absolute Gasteiger partial charge is 0.507 e. The van der Waals surface area contributed by atoms with E-state index in [4.69, 9.17) is 4.74 Å². The number of methoxy groups -OCH3 is 1. The van der Waals surface area contributed by atoms with Crippen molar-refractivity contribution in [2.75, 3.05) is 7.11 Å². The van der Waals surface area contributed by atoms with Gasteiger partial charge in [-0.2, -0.15) is 0 Å². The molecule has 0 aliphatic carbocycles. The molecule has 0 amide bonds. The Kier molecular flexibility index (Phi) is 3.25. The molecule has 21 heavy (non-hydrogen) atoms. The van der Waals surface area contributed by atoms with Crippen molar-refractivity contribution in [3.8, 4) is 22.9 Å². The number of nitrogens with zero attached hydrogens (tertiary/aromatic N) is 2. The highest BCUT2D eigenvalue weighted by atomic mass is 19.1. The number of phenols is 1. The van der Waals surface area contributed by atoms with Crippen LogP contribution >= 0.6 is 0 Å². The van der Waals surface area contributed by atoms with E-state index >= 15 is 0 Å². The van der Waals surface area contributed by atoms with Crippen LogP contribution < -0.4 is 4.74 Å². The predicted molar refractivity (Wildman–Crippen MR) is 79.0 cm³/mol. The number of rotatable bonds is 3. The third-order valence-corrected chi connectivity index (χ3v) is 3.47. The van der Waals surface area contributed by atoms with Crippen LogP contribution in [0.25, 0.3) is 22.4 Å². The minimum Gasteiger partial charge on any atom is -0.507 e. The minimum atomic E-state index is -0.329. The number of aryl methyl sites for hydroxylation is 1. The number of ether oxygens (including phenoxy) is 1. The fourth-order valence-electron chi connectivity index (χ4n) is 2.45. The highest BCUT2D eigenvalue weighted by Crippen LogP contribution is 2.34. The molecule has 0 atom stereocenters. The summed E-state index contributed by atoms with van der Waals surface area (Å²) in [6, 6.07) is 9.46. The van der Waals surface area contributed by atoms with Crippen LogP contribution in [0.3, 0.4) is 0 Å². The Morgan fingerprint density at radius 3 is 2.76 bits per heavy atom. The van der Waals surface area contributed by atoms with Crippen LogP contribution in [0.4, 0.5) is 4.39 Å². The smallest absolute Gasteiger partial charge is 0.145 e. The van der Waals surface area contributed by atoms with E-state index in [0.717, 1.165) is 5.52 Å². The first kappa shape index (κ1) is 13.4. The third kappa shape index (κ3) is 2.20. The van der Waals surface area contributed by atoms with Crippen LogP contribution in [-0.4, -0.2) is 21.8 Å². The topological polar surface area (TPSA) is 47.3 Å². The lowest BCUT2D eigenvalue weighted by molar-refractivity contribution is 0.412. The Morgan fingerprint density at radius 1 is 1.24 bits per heavy atom. The van der Waals surface area contributed by atoms with Crippen LogP contribution in [0.2, 0.25) is 0 Å². The summed E-state index contributed by atoms with van der Waals surface area (Å²) in [6.07, 6.45) is 0. The van der Waals surface area contributed by atoms with Crippen molar-refractivity contribution in [2.45, 2.75) is 13.5 Å². The van der Waals surface area contributed by atoms with Gasteiger partial charge in [-0.05, 0) is 37.3 Å². The zero-order chi connectivity index (χ0) is 15.0. The molecule has 1 heterocycles. The molecule has 108 valence electrons. The number of aromatic hydroxyl groups is 1. The Hall–Kier alpha value is -2.56. The van der Waals surface area contributed by atoms with Crippen LogP contribution in [0.15, 0.2) is 36.4 Å². The predicted octanol–water partition coefficient (Wildman–Crippen LogP) is 3.58. The molecule has 0 radical (unpaired) electrons. The zero-order valence-corrected chi connectivity index (χ0v) is 11.8. The van der Waals surface area contributed by atoms with Gasteiger partial charge in [0.05, 0.1) is 23.7 Å². The maximum atomic E-state index is 13.4. The van der Waals surface area contributed by atoms with Crippen molar-refractivity contribution >= 4 is 11.0 Å². The Balaban J connectivity index is 2.29. The molecule has 5 heteroatoms. The van der Waals surface area contributed by atoms with E-state index < -0.39 is 0 Å². The van der Waals surface area contributed by atoms with E-state index in [9.17, 15) is 9.50 Å². The molecule has 0 unspecified atom stereocenters. The molecule has 4 nitrogen and oxygen atoms in total. The van der Waals surface area contributed by atoms with E-state index in [2.05, 4.69) is 4.98 Å². The average molecular weight is 286 g/mol. The maximum absolute atomic E-state index is 13.4. The molecule has 0 aliphatic rings. The average Bonchev–Trinajstić information content (AvgIpc) is 2.85. The van der Waals surface area contributed by atoms with Gasteiger partial charge < -0.3 is 14.4 Å². The summed E-state index contributed by atoms with van der Waals surface area (Å²) in [4.78, 5) is 4.46.